The molecular weight excluding hydrogens is 346 g/mol. The van der Waals surface area contributed by atoms with Gasteiger partial charge in [0.05, 0.1) is 13.7 Å². The van der Waals surface area contributed by atoms with Gasteiger partial charge < -0.3 is 24.4 Å². The molecule has 2 saturated heterocycles. The maximum absolute atomic E-state index is 12.0. The van der Waals surface area contributed by atoms with E-state index < -0.39 is 6.10 Å². The van der Waals surface area contributed by atoms with E-state index in [-0.39, 0.29) is 12.5 Å². The second-order valence-electron chi connectivity index (χ2n) is 7.47. The number of nitrogens with zero attached hydrogens (tertiary/aromatic N) is 3. The van der Waals surface area contributed by atoms with Crippen LogP contribution in [0.2, 0.25) is 0 Å². The third-order valence-corrected chi connectivity index (χ3v) is 5.30. The molecule has 0 saturated carbocycles. The molecule has 7 heteroatoms. The third kappa shape index (κ3) is 5.57. The van der Waals surface area contributed by atoms with Gasteiger partial charge in [-0.3, -0.25) is 9.69 Å². The van der Waals surface area contributed by atoms with Crippen molar-refractivity contribution in [3.63, 3.8) is 0 Å². The second kappa shape index (κ2) is 9.39. The summed E-state index contributed by atoms with van der Waals surface area (Å²) in [4.78, 5) is 18.1. The van der Waals surface area contributed by atoms with Crippen LogP contribution in [0.3, 0.4) is 0 Å². The van der Waals surface area contributed by atoms with Crippen molar-refractivity contribution in [3.8, 4) is 11.5 Å². The minimum absolute atomic E-state index is 0.137. The number of aliphatic hydroxyl groups excluding tert-OH is 1. The average Bonchev–Trinajstić information content (AvgIpc) is 3.17. The van der Waals surface area contributed by atoms with Crippen LogP contribution in [-0.4, -0.2) is 91.9 Å². The van der Waals surface area contributed by atoms with Gasteiger partial charge in [-0.05, 0) is 32.0 Å². The molecule has 3 rings (SSSR count). The molecule has 150 valence electrons. The fourth-order valence-electron chi connectivity index (χ4n) is 3.61. The smallest absolute Gasteiger partial charge is 0.236 e. The van der Waals surface area contributed by atoms with E-state index in [0.29, 0.717) is 25.4 Å². The van der Waals surface area contributed by atoms with Crippen LogP contribution in [0, 0.1) is 0 Å². The molecule has 7 nitrogen and oxygen atoms in total. The van der Waals surface area contributed by atoms with E-state index in [1.54, 1.807) is 12.0 Å². The Kier molecular flexibility index (Phi) is 6.93. The molecule has 1 amide bonds. The first-order valence-electron chi connectivity index (χ1n) is 9.71. The predicted octanol–water partition coefficient (Wildman–Crippen LogP) is 0.805. The molecule has 1 atom stereocenters. The van der Waals surface area contributed by atoms with Crippen molar-refractivity contribution in [1.29, 1.82) is 0 Å². The SMILES string of the molecule is COc1ccc(CN2CCN(C)C(=O)C2)c(OC[C@H](O)CN2CCCC2)c1. The van der Waals surface area contributed by atoms with Crippen LogP contribution in [-0.2, 0) is 11.3 Å². The topological polar surface area (TPSA) is 65.5 Å². The Labute approximate surface area is 161 Å². The lowest BCUT2D eigenvalue weighted by molar-refractivity contribution is -0.134. The number of piperazine rings is 1. The maximum Gasteiger partial charge on any atom is 0.236 e. The van der Waals surface area contributed by atoms with E-state index in [0.717, 1.165) is 37.5 Å². The normalized spacial score (nSPS) is 20.1. The van der Waals surface area contributed by atoms with Gasteiger partial charge in [0.1, 0.15) is 24.2 Å². The fourth-order valence-corrected chi connectivity index (χ4v) is 3.61. The zero-order valence-electron chi connectivity index (χ0n) is 16.4. The summed E-state index contributed by atoms with van der Waals surface area (Å²) < 4.78 is 11.3. The summed E-state index contributed by atoms with van der Waals surface area (Å²) in [6.45, 7) is 5.63. The van der Waals surface area contributed by atoms with E-state index in [1.165, 1.54) is 12.8 Å². The lowest BCUT2D eigenvalue weighted by Gasteiger charge is -2.32. The molecule has 2 heterocycles. The van der Waals surface area contributed by atoms with Crippen LogP contribution < -0.4 is 9.47 Å². The molecule has 0 aliphatic carbocycles. The Morgan fingerprint density at radius 2 is 1.93 bits per heavy atom. The van der Waals surface area contributed by atoms with Crippen molar-refractivity contribution in [2.24, 2.45) is 0 Å². The first-order valence-corrected chi connectivity index (χ1v) is 9.71. The predicted molar refractivity (Wildman–Crippen MR) is 103 cm³/mol. The van der Waals surface area contributed by atoms with Gasteiger partial charge in [0.2, 0.25) is 5.91 Å². The number of carbonyl (C=O) groups is 1. The molecule has 2 aliphatic heterocycles. The van der Waals surface area contributed by atoms with E-state index in [1.807, 2.05) is 25.2 Å². The highest BCUT2D eigenvalue weighted by Gasteiger charge is 2.22. The van der Waals surface area contributed by atoms with Crippen LogP contribution in [0.25, 0.3) is 0 Å². The number of rotatable bonds is 8. The minimum Gasteiger partial charge on any atom is -0.497 e. The van der Waals surface area contributed by atoms with Crippen LogP contribution in [0.4, 0.5) is 0 Å². The second-order valence-corrected chi connectivity index (χ2v) is 7.47. The zero-order valence-corrected chi connectivity index (χ0v) is 16.4. The lowest BCUT2D eigenvalue weighted by atomic mass is 10.1. The molecule has 1 aromatic rings. The van der Waals surface area contributed by atoms with Gasteiger partial charge in [0, 0.05) is 44.9 Å². The summed E-state index contributed by atoms with van der Waals surface area (Å²) >= 11 is 0. The molecule has 1 aromatic carbocycles. The summed E-state index contributed by atoms with van der Waals surface area (Å²) in [7, 11) is 3.46. The fraction of sp³-hybridized carbons (Fsp3) is 0.650. The zero-order chi connectivity index (χ0) is 19.2. The van der Waals surface area contributed by atoms with E-state index in [2.05, 4.69) is 9.80 Å². The molecule has 0 unspecified atom stereocenters. The average molecular weight is 377 g/mol. The summed E-state index contributed by atoms with van der Waals surface area (Å²) in [6.07, 6.45) is 1.89. The number of hydrogen-bond donors (Lipinski definition) is 1. The summed E-state index contributed by atoms with van der Waals surface area (Å²) in [5.41, 5.74) is 1.00. The Hall–Kier alpha value is -1.83. The number of benzene rings is 1. The number of amides is 1. The number of aliphatic hydroxyl groups is 1. The first kappa shape index (κ1) is 19.9. The number of carbonyl (C=O) groups excluding carboxylic acids is 1. The summed E-state index contributed by atoms with van der Waals surface area (Å²) in [5, 5.41) is 10.3. The van der Waals surface area contributed by atoms with Crippen molar-refractivity contribution >= 4 is 5.91 Å². The molecule has 2 aliphatic rings. The quantitative estimate of drug-likeness (QED) is 0.723. The van der Waals surface area contributed by atoms with Crippen molar-refractivity contribution < 1.29 is 19.4 Å². The number of likely N-dealkylation sites (N-methyl/N-ethyl adjacent to an activating group) is 1. The number of likely N-dealkylation sites (tertiary alicyclic amines) is 1. The summed E-state index contributed by atoms with van der Waals surface area (Å²) in [6, 6.07) is 5.74. The Bertz CT molecular complexity index is 634. The molecule has 0 radical (unpaired) electrons. The molecule has 27 heavy (non-hydrogen) atoms. The van der Waals surface area contributed by atoms with Gasteiger partial charge in [-0.25, -0.2) is 0 Å². The number of methoxy groups -OCH3 is 1. The standard InChI is InChI=1S/C20H31N3O4/c1-21-9-10-23(14-20(21)25)12-16-5-6-18(26-2)11-19(16)27-15-17(24)13-22-7-3-4-8-22/h5-6,11,17,24H,3-4,7-10,12-15H2,1-2H3/t17-/m1/s1. The van der Waals surface area contributed by atoms with Gasteiger partial charge in [0.25, 0.3) is 0 Å². The highest BCUT2D eigenvalue weighted by atomic mass is 16.5. The molecule has 1 N–H and O–H groups in total. The largest absolute Gasteiger partial charge is 0.497 e. The maximum atomic E-state index is 12.0. The van der Waals surface area contributed by atoms with E-state index in [4.69, 9.17) is 9.47 Å². The van der Waals surface area contributed by atoms with Crippen LogP contribution in [0.5, 0.6) is 11.5 Å². The van der Waals surface area contributed by atoms with Gasteiger partial charge in [-0.1, -0.05) is 6.07 Å². The molecule has 0 bridgehead atoms. The van der Waals surface area contributed by atoms with Crippen LogP contribution in [0.1, 0.15) is 18.4 Å². The van der Waals surface area contributed by atoms with Crippen molar-refractivity contribution in [2.75, 3.05) is 60.0 Å². The Morgan fingerprint density at radius 3 is 2.63 bits per heavy atom. The first-order chi connectivity index (χ1) is 13.0. The third-order valence-electron chi connectivity index (χ3n) is 5.30. The van der Waals surface area contributed by atoms with Gasteiger partial charge in [0.15, 0.2) is 0 Å². The minimum atomic E-state index is -0.521. The van der Waals surface area contributed by atoms with Gasteiger partial charge in [-0.15, -0.1) is 0 Å². The highest BCUT2D eigenvalue weighted by Crippen LogP contribution is 2.27. The van der Waals surface area contributed by atoms with Gasteiger partial charge in [-0.2, -0.15) is 0 Å². The summed E-state index contributed by atoms with van der Waals surface area (Å²) in [5.74, 6) is 1.57. The monoisotopic (exact) mass is 377 g/mol. The molecular formula is C20H31N3O4. The Morgan fingerprint density at radius 1 is 1.15 bits per heavy atom. The van der Waals surface area contributed by atoms with Crippen LogP contribution >= 0.6 is 0 Å². The highest BCUT2D eigenvalue weighted by molar-refractivity contribution is 5.78. The van der Waals surface area contributed by atoms with Gasteiger partial charge >= 0.3 is 0 Å². The molecule has 2 fully saturated rings. The molecule has 0 aromatic heterocycles. The Balaban J connectivity index is 1.61. The lowest BCUT2D eigenvalue weighted by Crippen LogP contribution is -2.48. The van der Waals surface area contributed by atoms with Crippen molar-refractivity contribution in [2.45, 2.75) is 25.5 Å². The van der Waals surface area contributed by atoms with E-state index in [9.17, 15) is 9.90 Å². The van der Waals surface area contributed by atoms with Crippen molar-refractivity contribution in [3.05, 3.63) is 23.8 Å². The number of hydrogen-bond acceptors (Lipinski definition) is 6. The van der Waals surface area contributed by atoms with Crippen LogP contribution in [0.15, 0.2) is 18.2 Å². The van der Waals surface area contributed by atoms with Crippen molar-refractivity contribution in [1.82, 2.24) is 14.7 Å². The molecule has 0 spiro atoms. The number of ether oxygens (including phenoxy) is 2. The van der Waals surface area contributed by atoms with E-state index >= 15 is 0 Å². The number of β-amino-alcohol motifs (C(OH)–C–C–N with tert-alkyl or cyclic N) is 1.